The SMILES string of the molecule is Cc1nc(-c2nccs2)ncc1OC(=O)Nn1cc(C)c2cnccc21. The number of rotatable bonds is 3. The minimum atomic E-state index is -0.632. The molecule has 8 nitrogen and oxygen atoms in total. The fourth-order valence-electron chi connectivity index (χ4n) is 2.54. The van der Waals surface area contributed by atoms with Crippen LogP contribution in [0.3, 0.4) is 0 Å². The number of hydrogen-bond acceptors (Lipinski definition) is 7. The summed E-state index contributed by atoms with van der Waals surface area (Å²) < 4.78 is 6.96. The molecule has 0 bridgehead atoms. The molecule has 0 atom stereocenters. The number of aromatic nitrogens is 5. The van der Waals surface area contributed by atoms with Crippen LogP contribution in [0.4, 0.5) is 4.79 Å². The van der Waals surface area contributed by atoms with Crippen LogP contribution in [0.1, 0.15) is 11.3 Å². The second-order valence-corrected chi connectivity index (χ2v) is 6.45. The van der Waals surface area contributed by atoms with E-state index in [2.05, 4.69) is 25.4 Å². The van der Waals surface area contributed by atoms with Crippen LogP contribution >= 0.6 is 11.3 Å². The number of aryl methyl sites for hydroxylation is 2. The molecule has 130 valence electrons. The average Bonchev–Trinajstić information content (AvgIpc) is 3.26. The van der Waals surface area contributed by atoms with Crippen LogP contribution in [-0.2, 0) is 0 Å². The van der Waals surface area contributed by atoms with Crippen molar-refractivity contribution < 1.29 is 9.53 Å². The molecule has 0 saturated carbocycles. The number of carbonyl (C=O) groups is 1. The van der Waals surface area contributed by atoms with E-state index in [1.54, 1.807) is 30.2 Å². The third-order valence-corrected chi connectivity index (χ3v) is 4.55. The molecule has 0 aromatic carbocycles. The average molecular weight is 366 g/mol. The van der Waals surface area contributed by atoms with Gasteiger partial charge < -0.3 is 4.74 Å². The summed E-state index contributed by atoms with van der Waals surface area (Å²) in [5.41, 5.74) is 5.07. The number of hydrogen-bond donors (Lipinski definition) is 1. The lowest BCUT2D eigenvalue weighted by molar-refractivity contribution is 0.211. The van der Waals surface area contributed by atoms with Crippen LogP contribution < -0.4 is 10.2 Å². The van der Waals surface area contributed by atoms with Gasteiger partial charge >= 0.3 is 6.09 Å². The van der Waals surface area contributed by atoms with Crippen molar-refractivity contribution in [3.63, 3.8) is 0 Å². The van der Waals surface area contributed by atoms with E-state index in [-0.39, 0.29) is 5.75 Å². The Morgan fingerprint density at radius 2 is 2.12 bits per heavy atom. The summed E-state index contributed by atoms with van der Waals surface area (Å²) in [7, 11) is 0. The minimum Gasteiger partial charge on any atom is -0.406 e. The maximum atomic E-state index is 12.3. The van der Waals surface area contributed by atoms with E-state index in [1.807, 2.05) is 24.6 Å². The molecule has 1 amide bonds. The number of pyridine rings is 1. The molecule has 4 aromatic rings. The van der Waals surface area contributed by atoms with E-state index in [4.69, 9.17) is 4.74 Å². The molecule has 0 aliphatic rings. The quantitative estimate of drug-likeness (QED) is 0.598. The smallest absolute Gasteiger partial charge is 0.406 e. The molecule has 0 aliphatic heterocycles. The summed E-state index contributed by atoms with van der Waals surface area (Å²) in [4.78, 5) is 29.1. The number of thiazole rings is 1. The second kappa shape index (κ2) is 6.52. The van der Waals surface area contributed by atoms with Gasteiger partial charge in [0.2, 0.25) is 0 Å². The van der Waals surface area contributed by atoms with Gasteiger partial charge in [0.25, 0.3) is 0 Å². The van der Waals surface area contributed by atoms with Crippen molar-refractivity contribution in [2.75, 3.05) is 5.43 Å². The maximum absolute atomic E-state index is 12.3. The Morgan fingerprint density at radius 3 is 2.88 bits per heavy atom. The van der Waals surface area contributed by atoms with Crippen molar-refractivity contribution in [2.45, 2.75) is 13.8 Å². The number of fused-ring (bicyclic) bond motifs is 1. The molecule has 4 heterocycles. The number of nitrogens with zero attached hydrogens (tertiary/aromatic N) is 5. The van der Waals surface area contributed by atoms with Gasteiger partial charge in [-0.3, -0.25) is 9.66 Å². The molecule has 0 aliphatic carbocycles. The van der Waals surface area contributed by atoms with Gasteiger partial charge in [-0.1, -0.05) is 0 Å². The Hall–Kier alpha value is -3.33. The zero-order valence-corrected chi connectivity index (χ0v) is 14.8. The first-order valence-electron chi connectivity index (χ1n) is 7.76. The topological polar surface area (TPSA) is 94.8 Å². The van der Waals surface area contributed by atoms with E-state index >= 15 is 0 Å². The van der Waals surface area contributed by atoms with Crippen LogP contribution in [0.15, 0.2) is 42.4 Å². The standard InChI is InChI=1S/C17H14N6O2S/c1-10-9-23(13-3-4-18-7-12(10)13)22-17(24)25-14-8-20-15(21-11(14)2)16-19-5-6-26-16/h3-9H,1-2H3,(H,22,24). The van der Waals surface area contributed by atoms with Crippen LogP contribution in [0.2, 0.25) is 0 Å². The number of ether oxygens (including phenoxy) is 1. The van der Waals surface area contributed by atoms with Gasteiger partial charge in [-0.05, 0) is 25.5 Å². The second-order valence-electron chi connectivity index (χ2n) is 5.56. The Balaban J connectivity index is 1.53. The van der Waals surface area contributed by atoms with Crippen LogP contribution in [0.5, 0.6) is 5.75 Å². The van der Waals surface area contributed by atoms with Crippen LogP contribution in [0, 0.1) is 13.8 Å². The lowest BCUT2D eigenvalue weighted by atomic mass is 10.2. The Labute approximate surface area is 152 Å². The predicted octanol–water partition coefficient (Wildman–Crippen LogP) is 3.31. The highest BCUT2D eigenvalue weighted by Crippen LogP contribution is 2.22. The lowest BCUT2D eigenvalue weighted by Gasteiger charge is -2.10. The molecule has 1 N–H and O–H groups in total. The third-order valence-electron chi connectivity index (χ3n) is 3.78. The zero-order chi connectivity index (χ0) is 18.1. The van der Waals surface area contributed by atoms with E-state index in [0.29, 0.717) is 16.5 Å². The molecule has 4 rings (SSSR count). The van der Waals surface area contributed by atoms with Gasteiger partial charge in [-0.25, -0.2) is 25.2 Å². The highest BCUT2D eigenvalue weighted by atomic mass is 32.1. The third kappa shape index (κ3) is 3.00. The largest absolute Gasteiger partial charge is 0.432 e. The van der Waals surface area contributed by atoms with Crippen molar-refractivity contribution in [2.24, 2.45) is 0 Å². The van der Waals surface area contributed by atoms with E-state index in [9.17, 15) is 4.79 Å². The van der Waals surface area contributed by atoms with Crippen LogP contribution in [0.25, 0.3) is 21.7 Å². The maximum Gasteiger partial charge on any atom is 0.432 e. The van der Waals surface area contributed by atoms with Gasteiger partial charge in [-0.15, -0.1) is 11.3 Å². The molecule has 26 heavy (non-hydrogen) atoms. The van der Waals surface area contributed by atoms with E-state index in [1.165, 1.54) is 17.5 Å². The Bertz CT molecular complexity index is 1090. The Kier molecular flexibility index (Phi) is 4.05. The fraction of sp³-hybridized carbons (Fsp3) is 0.118. The molecular formula is C17H14N6O2S. The summed E-state index contributed by atoms with van der Waals surface area (Å²) in [6.07, 6.45) is 7.76. The molecule has 0 radical (unpaired) electrons. The first-order chi connectivity index (χ1) is 12.6. The molecule has 0 spiro atoms. The van der Waals surface area contributed by atoms with Gasteiger partial charge in [0.15, 0.2) is 16.6 Å². The lowest BCUT2D eigenvalue weighted by Crippen LogP contribution is -2.25. The van der Waals surface area contributed by atoms with Gasteiger partial charge in [0.1, 0.15) is 0 Å². The number of carbonyl (C=O) groups excluding carboxylic acids is 1. The van der Waals surface area contributed by atoms with Crippen molar-refractivity contribution in [1.82, 2.24) is 24.6 Å². The molecular weight excluding hydrogens is 352 g/mol. The summed E-state index contributed by atoms with van der Waals surface area (Å²) in [6, 6.07) is 1.82. The Morgan fingerprint density at radius 1 is 1.23 bits per heavy atom. The van der Waals surface area contributed by atoms with E-state index in [0.717, 1.165) is 16.5 Å². The van der Waals surface area contributed by atoms with Crippen molar-refractivity contribution in [1.29, 1.82) is 0 Å². The van der Waals surface area contributed by atoms with Crippen LogP contribution in [-0.4, -0.2) is 30.7 Å². The van der Waals surface area contributed by atoms with E-state index < -0.39 is 6.09 Å². The summed E-state index contributed by atoms with van der Waals surface area (Å²) >= 11 is 1.45. The van der Waals surface area contributed by atoms with Crippen molar-refractivity contribution in [3.8, 4) is 16.6 Å². The molecule has 0 unspecified atom stereocenters. The highest BCUT2D eigenvalue weighted by molar-refractivity contribution is 7.12. The zero-order valence-electron chi connectivity index (χ0n) is 14.0. The van der Waals surface area contributed by atoms with Gasteiger partial charge in [-0.2, -0.15) is 0 Å². The van der Waals surface area contributed by atoms with Gasteiger partial charge in [0.05, 0.1) is 17.4 Å². The van der Waals surface area contributed by atoms with Crippen molar-refractivity contribution >= 4 is 28.3 Å². The highest BCUT2D eigenvalue weighted by Gasteiger charge is 2.13. The molecule has 9 heteroatoms. The normalized spacial score (nSPS) is 10.8. The molecule has 4 aromatic heterocycles. The molecule has 0 saturated heterocycles. The number of amides is 1. The fourth-order valence-corrected chi connectivity index (χ4v) is 3.12. The van der Waals surface area contributed by atoms with Gasteiger partial charge in [0, 0.05) is 35.6 Å². The summed E-state index contributed by atoms with van der Waals surface area (Å²) in [5, 5.41) is 3.53. The monoisotopic (exact) mass is 366 g/mol. The first-order valence-corrected chi connectivity index (χ1v) is 8.64. The summed E-state index contributed by atoms with van der Waals surface area (Å²) in [5.74, 6) is 0.794. The molecule has 0 fully saturated rings. The summed E-state index contributed by atoms with van der Waals surface area (Å²) in [6.45, 7) is 3.70. The number of nitrogens with one attached hydrogen (secondary N) is 1. The minimum absolute atomic E-state index is 0.289. The van der Waals surface area contributed by atoms with Crippen molar-refractivity contribution in [3.05, 3.63) is 53.7 Å². The predicted molar refractivity (Wildman–Crippen MR) is 97.7 cm³/mol. The first kappa shape index (κ1) is 16.2.